The van der Waals surface area contributed by atoms with Gasteiger partial charge in [0.1, 0.15) is 0 Å². The van der Waals surface area contributed by atoms with Crippen molar-refractivity contribution in [1.82, 2.24) is 0 Å². The van der Waals surface area contributed by atoms with Crippen molar-refractivity contribution < 1.29 is 0 Å². The number of anilines is 3. The minimum absolute atomic E-state index is 0.178. The fourth-order valence-corrected chi connectivity index (χ4v) is 9.86. The van der Waals surface area contributed by atoms with Crippen LogP contribution < -0.4 is 4.90 Å². The molecule has 0 atom stereocenters. The van der Waals surface area contributed by atoms with Gasteiger partial charge >= 0.3 is 0 Å². The minimum atomic E-state index is -0.178. The van der Waals surface area contributed by atoms with Crippen LogP contribution in [-0.2, 0) is 5.41 Å². The highest BCUT2D eigenvalue weighted by Gasteiger charge is 2.36. The number of para-hydroxylation sites is 1. The molecule has 0 saturated carbocycles. The predicted molar refractivity (Wildman–Crippen MR) is 232 cm³/mol. The van der Waals surface area contributed by atoms with Crippen LogP contribution in [0.2, 0.25) is 0 Å². The van der Waals surface area contributed by atoms with E-state index in [0.29, 0.717) is 0 Å². The largest absolute Gasteiger partial charge is 0.310 e. The number of benzene rings is 11. The van der Waals surface area contributed by atoms with E-state index in [1.165, 1.54) is 104 Å². The van der Waals surface area contributed by atoms with Gasteiger partial charge in [-0.2, -0.15) is 0 Å². The molecule has 0 N–H and O–H groups in total. The molecule has 0 heterocycles. The summed E-state index contributed by atoms with van der Waals surface area (Å²) in [5, 5.41) is 15.7. The van der Waals surface area contributed by atoms with Crippen molar-refractivity contribution in [3.05, 3.63) is 187 Å². The standard InChI is InChI=1S/C53H35N/c1-53(2)47-30-36(41-26-37-18-14-32-8-6-9-33-15-19-38(27-41)51(37)49(32)33)22-24-45(47)46-25-23-43(31-48(46)53)54(42-12-4-3-5-13-42)44-28-39-20-16-34-10-7-11-35-17-21-40(29-44)52(39)50(34)35/h3-31H,1-2H3. The van der Waals surface area contributed by atoms with E-state index in [4.69, 9.17) is 0 Å². The van der Waals surface area contributed by atoms with Crippen molar-refractivity contribution in [3.8, 4) is 22.3 Å². The highest BCUT2D eigenvalue weighted by atomic mass is 15.1. The zero-order valence-electron chi connectivity index (χ0n) is 30.2. The third kappa shape index (κ3) is 4.10. The Balaban J connectivity index is 0.987. The van der Waals surface area contributed by atoms with Gasteiger partial charge in [-0.15, -0.1) is 0 Å². The van der Waals surface area contributed by atoms with Crippen LogP contribution in [0.4, 0.5) is 17.1 Å². The van der Waals surface area contributed by atoms with Crippen molar-refractivity contribution in [3.63, 3.8) is 0 Å². The SMILES string of the molecule is CC1(C)c2cc(-c3cc4ccc5cccc6ccc(c3)c4c56)ccc2-c2ccc(N(c3ccccc3)c3cc4ccc5cccc6ccc(c3)c4c56)cc21. The summed E-state index contributed by atoms with van der Waals surface area (Å²) >= 11 is 0. The number of fused-ring (bicyclic) bond motifs is 3. The van der Waals surface area contributed by atoms with E-state index in [1.54, 1.807) is 0 Å². The summed E-state index contributed by atoms with van der Waals surface area (Å²) < 4.78 is 0. The Hall–Kier alpha value is -6.70. The molecule has 54 heavy (non-hydrogen) atoms. The van der Waals surface area contributed by atoms with Crippen LogP contribution in [0.25, 0.3) is 86.9 Å². The lowest BCUT2D eigenvalue weighted by atomic mass is 9.81. The molecule has 0 radical (unpaired) electrons. The first-order valence-electron chi connectivity index (χ1n) is 19.0. The average Bonchev–Trinajstić information content (AvgIpc) is 3.44. The highest BCUT2D eigenvalue weighted by Crippen LogP contribution is 2.52. The summed E-state index contributed by atoms with van der Waals surface area (Å²) in [4.78, 5) is 2.43. The second-order valence-electron chi connectivity index (χ2n) is 15.8. The molecule has 1 heteroatoms. The average molecular weight is 686 g/mol. The Morgan fingerprint density at radius 2 is 0.778 bits per heavy atom. The molecule has 0 aliphatic heterocycles. The van der Waals surface area contributed by atoms with E-state index in [0.717, 1.165) is 11.4 Å². The predicted octanol–water partition coefficient (Wildman–Crippen LogP) is 14.9. The molecule has 0 spiro atoms. The normalized spacial score (nSPS) is 13.5. The summed E-state index contributed by atoms with van der Waals surface area (Å²) in [6, 6.07) is 66.1. The van der Waals surface area contributed by atoms with Crippen LogP contribution in [0.15, 0.2) is 176 Å². The van der Waals surface area contributed by atoms with Crippen LogP contribution >= 0.6 is 0 Å². The Bertz CT molecular complexity index is 3170. The summed E-state index contributed by atoms with van der Waals surface area (Å²) in [5.41, 5.74) is 11.2. The second kappa shape index (κ2) is 10.7. The third-order valence-electron chi connectivity index (χ3n) is 12.4. The number of rotatable bonds is 4. The maximum atomic E-state index is 2.45. The Morgan fingerprint density at radius 3 is 1.33 bits per heavy atom. The van der Waals surface area contributed by atoms with Crippen LogP contribution in [0, 0.1) is 0 Å². The van der Waals surface area contributed by atoms with Crippen LogP contribution in [0.1, 0.15) is 25.0 Å². The zero-order valence-corrected chi connectivity index (χ0v) is 30.2. The van der Waals surface area contributed by atoms with Gasteiger partial charge in [-0.05, 0) is 153 Å². The van der Waals surface area contributed by atoms with Crippen molar-refractivity contribution in [2.24, 2.45) is 0 Å². The zero-order chi connectivity index (χ0) is 35.7. The van der Waals surface area contributed by atoms with Crippen molar-refractivity contribution in [1.29, 1.82) is 0 Å². The van der Waals surface area contributed by atoms with Gasteiger partial charge in [0.2, 0.25) is 0 Å². The van der Waals surface area contributed by atoms with E-state index in [9.17, 15) is 0 Å². The fraction of sp³-hybridized carbons (Fsp3) is 0.0566. The lowest BCUT2D eigenvalue weighted by Gasteiger charge is -2.29. The maximum absolute atomic E-state index is 2.45. The molecule has 11 aromatic rings. The molecule has 0 amide bonds. The smallest absolute Gasteiger partial charge is 0.0473 e. The van der Waals surface area contributed by atoms with Gasteiger partial charge in [0.25, 0.3) is 0 Å². The van der Waals surface area contributed by atoms with E-state index in [2.05, 4.69) is 195 Å². The number of hydrogen-bond donors (Lipinski definition) is 0. The third-order valence-corrected chi connectivity index (χ3v) is 12.4. The van der Waals surface area contributed by atoms with Gasteiger partial charge in [0, 0.05) is 22.5 Å². The summed E-state index contributed by atoms with van der Waals surface area (Å²) in [5.74, 6) is 0. The minimum Gasteiger partial charge on any atom is -0.310 e. The van der Waals surface area contributed by atoms with Crippen LogP contribution in [-0.4, -0.2) is 0 Å². The van der Waals surface area contributed by atoms with Gasteiger partial charge in [0.05, 0.1) is 0 Å². The van der Waals surface area contributed by atoms with Gasteiger partial charge in [-0.25, -0.2) is 0 Å². The van der Waals surface area contributed by atoms with Crippen molar-refractivity contribution >= 4 is 81.7 Å². The first-order chi connectivity index (χ1) is 26.5. The second-order valence-corrected chi connectivity index (χ2v) is 15.8. The maximum Gasteiger partial charge on any atom is 0.0473 e. The van der Waals surface area contributed by atoms with E-state index < -0.39 is 0 Å². The molecule has 1 aliphatic rings. The molecule has 1 aliphatic carbocycles. The van der Waals surface area contributed by atoms with Crippen molar-refractivity contribution in [2.45, 2.75) is 19.3 Å². The lowest BCUT2D eigenvalue weighted by molar-refractivity contribution is 0.660. The molecule has 12 rings (SSSR count). The Labute approximate surface area is 314 Å². The topological polar surface area (TPSA) is 3.24 Å². The quantitative estimate of drug-likeness (QED) is 0.167. The van der Waals surface area contributed by atoms with Gasteiger partial charge < -0.3 is 4.90 Å². The molecule has 1 nitrogen and oxygen atoms in total. The first kappa shape index (κ1) is 29.8. The highest BCUT2D eigenvalue weighted by molar-refractivity contribution is 6.25. The van der Waals surface area contributed by atoms with E-state index in [-0.39, 0.29) is 5.41 Å². The molecule has 0 bridgehead atoms. The molecule has 0 aromatic heterocycles. The monoisotopic (exact) mass is 685 g/mol. The van der Waals surface area contributed by atoms with Crippen LogP contribution in [0.3, 0.4) is 0 Å². The lowest BCUT2D eigenvalue weighted by Crippen LogP contribution is -2.16. The summed E-state index contributed by atoms with van der Waals surface area (Å²) in [7, 11) is 0. The van der Waals surface area contributed by atoms with Gasteiger partial charge in [-0.1, -0.05) is 135 Å². The molecule has 0 fully saturated rings. The van der Waals surface area contributed by atoms with E-state index in [1.807, 2.05) is 0 Å². The molecular formula is C53H35N. The molecule has 11 aromatic carbocycles. The molecule has 252 valence electrons. The Morgan fingerprint density at radius 1 is 0.315 bits per heavy atom. The molecule has 0 unspecified atom stereocenters. The fourth-order valence-electron chi connectivity index (χ4n) is 9.86. The van der Waals surface area contributed by atoms with E-state index >= 15 is 0 Å². The van der Waals surface area contributed by atoms with Gasteiger partial charge in [-0.3, -0.25) is 0 Å². The first-order valence-corrected chi connectivity index (χ1v) is 19.0. The number of nitrogens with zero attached hydrogens (tertiary/aromatic N) is 1. The summed E-state index contributed by atoms with van der Waals surface area (Å²) in [6.45, 7) is 4.79. The van der Waals surface area contributed by atoms with Crippen LogP contribution in [0.5, 0.6) is 0 Å². The van der Waals surface area contributed by atoms with Gasteiger partial charge in [0.15, 0.2) is 0 Å². The molecular weight excluding hydrogens is 651 g/mol. The van der Waals surface area contributed by atoms with Crippen molar-refractivity contribution in [2.75, 3.05) is 4.90 Å². The number of hydrogen-bond acceptors (Lipinski definition) is 1. The summed E-state index contributed by atoms with van der Waals surface area (Å²) in [6.07, 6.45) is 0. The molecule has 0 saturated heterocycles. The Kier molecular flexibility index (Phi) is 5.90.